The number of carbonyl (C=O) groups is 4. The van der Waals surface area contributed by atoms with E-state index >= 15 is 0 Å². The molecule has 4 heterocycles. The fourth-order valence-electron chi connectivity index (χ4n) is 8.73. The Morgan fingerprint density at radius 1 is 0.712 bits per heavy atom. The summed E-state index contributed by atoms with van der Waals surface area (Å²) in [5.41, 5.74) is -1.47. The van der Waals surface area contributed by atoms with Crippen LogP contribution in [-0.4, -0.2) is 123 Å². The minimum absolute atomic E-state index is 0.0486. The molecule has 2 unspecified atom stereocenters. The van der Waals surface area contributed by atoms with Gasteiger partial charge in [-0.05, 0) is 75.8 Å². The molecule has 0 aliphatic carbocycles. The van der Waals surface area contributed by atoms with Gasteiger partial charge in [0.25, 0.3) is 0 Å². The number of ketones is 2. The molecular formula is C39H66N2O11. The van der Waals surface area contributed by atoms with Gasteiger partial charge in [-0.2, -0.15) is 0 Å². The van der Waals surface area contributed by atoms with E-state index in [0.29, 0.717) is 45.5 Å². The largest absolute Gasteiger partial charge is 0.462 e. The third kappa shape index (κ3) is 11.7. The van der Waals surface area contributed by atoms with E-state index in [2.05, 4.69) is 72.7 Å². The molecule has 0 aromatic heterocycles. The Kier molecular flexibility index (Phi) is 13.8. The molecule has 0 saturated carbocycles. The number of rotatable bonds is 14. The number of nitrogens with zero attached hydrogens (tertiary/aromatic N) is 1. The van der Waals surface area contributed by atoms with Crippen LogP contribution in [0.1, 0.15) is 114 Å². The first kappa shape index (κ1) is 42.7. The summed E-state index contributed by atoms with van der Waals surface area (Å²) in [6.07, 6.45) is 0.0387. The summed E-state index contributed by atoms with van der Waals surface area (Å²) in [7, 11) is 3.66. The van der Waals surface area contributed by atoms with E-state index in [-0.39, 0.29) is 84.8 Å². The Labute approximate surface area is 310 Å². The molecule has 1 N–H and O–H groups in total. The quantitative estimate of drug-likeness (QED) is 0.252. The lowest BCUT2D eigenvalue weighted by Crippen LogP contribution is -2.60. The second-order valence-corrected chi connectivity index (χ2v) is 18.6. The molecule has 4 fully saturated rings. The van der Waals surface area contributed by atoms with Gasteiger partial charge < -0.3 is 43.3 Å². The molecule has 4 saturated heterocycles. The summed E-state index contributed by atoms with van der Waals surface area (Å²) in [5, 5.41) is 3.60. The van der Waals surface area contributed by atoms with Crippen molar-refractivity contribution in [3.05, 3.63) is 0 Å². The van der Waals surface area contributed by atoms with Crippen LogP contribution in [0.25, 0.3) is 0 Å². The van der Waals surface area contributed by atoms with Crippen LogP contribution in [0.4, 0.5) is 0 Å². The summed E-state index contributed by atoms with van der Waals surface area (Å²) in [6.45, 7) is 19.8. The molecule has 4 aliphatic heterocycles. The SMILES string of the molecule is COCC1OCC2(CO1)COC(CC(=O)CC(CC(CC(C)=O)C(=O)OC1CC(C)(C)N(C)C(C)(C)C1)C(=O)OC1CC(C)(C)NC(C)(C)C1)OC2. The predicted octanol–water partition coefficient (Wildman–Crippen LogP) is 4.36. The van der Waals surface area contributed by atoms with Crippen LogP contribution >= 0.6 is 0 Å². The van der Waals surface area contributed by atoms with Gasteiger partial charge >= 0.3 is 11.9 Å². The summed E-state index contributed by atoms with van der Waals surface area (Å²) in [6, 6.07) is 0. The Bertz CT molecular complexity index is 1230. The van der Waals surface area contributed by atoms with Gasteiger partial charge in [0.2, 0.25) is 0 Å². The highest BCUT2D eigenvalue weighted by Gasteiger charge is 2.46. The molecule has 1 spiro atoms. The summed E-state index contributed by atoms with van der Waals surface area (Å²) in [5.74, 6) is -3.43. The number of hydrogen-bond acceptors (Lipinski definition) is 13. The summed E-state index contributed by atoms with van der Waals surface area (Å²) in [4.78, 5) is 56.4. The maximum absolute atomic E-state index is 14.0. The maximum Gasteiger partial charge on any atom is 0.309 e. The van der Waals surface area contributed by atoms with Gasteiger partial charge in [0, 0.05) is 67.8 Å². The van der Waals surface area contributed by atoms with Gasteiger partial charge in [0.05, 0.1) is 56.7 Å². The smallest absolute Gasteiger partial charge is 0.309 e. The lowest BCUT2D eigenvalue weighted by atomic mass is 9.78. The molecule has 4 rings (SSSR count). The molecular weight excluding hydrogens is 672 g/mol. The number of hydrogen-bond donors (Lipinski definition) is 1. The van der Waals surface area contributed by atoms with E-state index in [1.807, 2.05) is 0 Å². The first-order valence-corrected chi connectivity index (χ1v) is 18.9. The predicted molar refractivity (Wildman–Crippen MR) is 192 cm³/mol. The fraction of sp³-hybridized carbons (Fsp3) is 0.897. The number of likely N-dealkylation sites (tertiary alicyclic amines) is 1. The molecule has 0 aromatic carbocycles. The number of Topliss-reactive ketones (excluding diaryl/α,β-unsaturated/α-hetero) is 2. The van der Waals surface area contributed by atoms with Gasteiger partial charge in [-0.15, -0.1) is 0 Å². The maximum atomic E-state index is 14.0. The molecule has 0 radical (unpaired) electrons. The van der Waals surface area contributed by atoms with Crippen LogP contribution in [0.15, 0.2) is 0 Å². The van der Waals surface area contributed by atoms with Crippen LogP contribution in [-0.2, 0) is 52.3 Å². The molecule has 0 bridgehead atoms. The van der Waals surface area contributed by atoms with Crippen LogP contribution in [0, 0.1) is 17.3 Å². The lowest BCUT2D eigenvalue weighted by molar-refractivity contribution is -0.307. The Morgan fingerprint density at radius 2 is 1.15 bits per heavy atom. The van der Waals surface area contributed by atoms with Crippen molar-refractivity contribution >= 4 is 23.5 Å². The van der Waals surface area contributed by atoms with Gasteiger partial charge in [-0.25, -0.2) is 0 Å². The molecule has 52 heavy (non-hydrogen) atoms. The molecule has 298 valence electrons. The normalized spacial score (nSPS) is 30.3. The molecule has 2 atom stereocenters. The summed E-state index contributed by atoms with van der Waals surface area (Å²) < 4.78 is 40.8. The Morgan fingerprint density at radius 3 is 1.62 bits per heavy atom. The highest BCUT2D eigenvalue weighted by Crippen LogP contribution is 2.39. The van der Waals surface area contributed by atoms with Crippen molar-refractivity contribution in [2.24, 2.45) is 17.3 Å². The number of nitrogens with one attached hydrogen (secondary N) is 1. The second kappa shape index (κ2) is 16.8. The number of piperidine rings is 2. The lowest BCUT2D eigenvalue weighted by Gasteiger charge is -2.53. The number of ether oxygens (including phenoxy) is 7. The summed E-state index contributed by atoms with van der Waals surface area (Å²) >= 11 is 0. The zero-order valence-electron chi connectivity index (χ0n) is 33.6. The standard InChI is InChI=1S/C39H66N2O11/c1-25(42)12-26(33(44)52-30-18-37(6,7)41(10)38(8,9)19-30)13-27(34(45)51-29-16-35(2,3)40-36(4,5)17-29)14-28(43)15-31-47-21-39(22-48-31)23-49-32(20-46-11)50-24-39/h26-27,29-32,40H,12-24H2,1-11H3. The van der Waals surface area contributed by atoms with E-state index < -0.39 is 41.8 Å². The highest BCUT2D eigenvalue weighted by atomic mass is 16.7. The van der Waals surface area contributed by atoms with Crippen molar-refractivity contribution in [1.29, 1.82) is 0 Å². The van der Waals surface area contributed by atoms with Crippen molar-refractivity contribution in [2.45, 2.75) is 161 Å². The Hall–Kier alpha value is -2.00. The zero-order valence-corrected chi connectivity index (χ0v) is 33.6. The van der Waals surface area contributed by atoms with Crippen molar-refractivity contribution in [1.82, 2.24) is 10.2 Å². The number of carbonyl (C=O) groups excluding carboxylic acids is 4. The van der Waals surface area contributed by atoms with Gasteiger partial charge in [0.1, 0.15) is 23.8 Å². The van der Waals surface area contributed by atoms with E-state index in [4.69, 9.17) is 33.2 Å². The minimum atomic E-state index is -0.969. The van der Waals surface area contributed by atoms with Gasteiger partial charge in [0.15, 0.2) is 12.6 Å². The first-order chi connectivity index (χ1) is 24.0. The van der Waals surface area contributed by atoms with E-state index in [1.54, 1.807) is 7.11 Å². The van der Waals surface area contributed by atoms with E-state index in [9.17, 15) is 19.2 Å². The number of methoxy groups -OCH3 is 1. The van der Waals surface area contributed by atoms with Gasteiger partial charge in [-0.1, -0.05) is 0 Å². The van der Waals surface area contributed by atoms with Crippen molar-refractivity contribution in [3.8, 4) is 0 Å². The van der Waals surface area contributed by atoms with Crippen LogP contribution in [0.5, 0.6) is 0 Å². The Balaban J connectivity index is 1.46. The molecule has 0 aromatic rings. The van der Waals surface area contributed by atoms with Crippen molar-refractivity contribution in [3.63, 3.8) is 0 Å². The third-order valence-corrected chi connectivity index (χ3v) is 11.2. The second-order valence-electron chi connectivity index (χ2n) is 18.6. The average molecular weight is 739 g/mol. The minimum Gasteiger partial charge on any atom is -0.462 e. The van der Waals surface area contributed by atoms with Crippen molar-refractivity contribution in [2.75, 3.05) is 47.2 Å². The number of esters is 2. The topological polar surface area (TPSA) is 148 Å². The molecule has 13 heteroatoms. The van der Waals surface area contributed by atoms with Crippen LogP contribution in [0.3, 0.4) is 0 Å². The first-order valence-electron chi connectivity index (χ1n) is 18.9. The average Bonchev–Trinajstić information content (AvgIpc) is 2.99. The molecule has 0 amide bonds. The van der Waals surface area contributed by atoms with E-state index in [0.717, 1.165) is 0 Å². The third-order valence-electron chi connectivity index (χ3n) is 11.2. The highest BCUT2D eigenvalue weighted by molar-refractivity contribution is 5.86. The fourth-order valence-corrected chi connectivity index (χ4v) is 8.73. The van der Waals surface area contributed by atoms with Gasteiger partial charge in [-0.3, -0.25) is 19.3 Å². The monoisotopic (exact) mass is 738 g/mol. The molecule has 13 nitrogen and oxygen atoms in total. The zero-order chi connectivity index (χ0) is 38.7. The van der Waals surface area contributed by atoms with E-state index in [1.165, 1.54) is 6.92 Å². The van der Waals surface area contributed by atoms with Crippen molar-refractivity contribution < 1.29 is 52.3 Å². The molecule has 4 aliphatic rings. The van der Waals surface area contributed by atoms with Crippen LogP contribution < -0.4 is 5.32 Å². The van der Waals surface area contributed by atoms with Crippen LogP contribution in [0.2, 0.25) is 0 Å².